The van der Waals surface area contributed by atoms with E-state index in [1.165, 1.54) is 47.9 Å². The van der Waals surface area contributed by atoms with Gasteiger partial charge in [0.1, 0.15) is 0 Å². The van der Waals surface area contributed by atoms with Crippen LogP contribution in [-0.4, -0.2) is 24.5 Å². The Kier molecular flexibility index (Phi) is 5.43. The lowest BCUT2D eigenvalue weighted by atomic mass is 9.81. The van der Waals surface area contributed by atoms with E-state index in [1.807, 2.05) is 0 Å². The highest BCUT2D eigenvalue weighted by Gasteiger charge is 2.42. The topological polar surface area (TPSA) is 41.3 Å². The monoisotopic (exact) mass is 345 g/mol. The molecule has 0 bridgehead atoms. The number of hydrogen-bond donors (Lipinski definition) is 2. The van der Waals surface area contributed by atoms with Gasteiger partial charge in [-0.25, -0.2) is 0 Å². The SMILES string of the molecule is CN(C)C1(C(NN)c2sccc2Br)CCCCCC1. The third-order valence-electron chi connectivity index (χ3n) is 4.47. The Labute approximate surface area is 128 Å². The van der Waals surface area contributed by atoms with Crippen LogP contribution < -0.4 is 11.3 Å². The van der Waals surface area contributed by atoms with Gasteiger partial charge in [0.05, 0.1) is 6.04 Å². The number of halogens is 1. The molecular weight excluding hydrogens is 322 g/mol. The van der Waals surface area contributed by atoms with Gasteiger partial charge in [0.2, 0.25) is 0 Å². The van der Waals surface area contributed by atoms with Crippen molar-refractivity contribution in [3.05, 3.63) is 20.8 Å². The Hall–Kier alpha value is 0.0600. The first-order valence-electron chi connectivity index (χ1n) is 6.98. The van der Waals surface area contributed by atoms with E-state index in [-0.39, 0.29) is 11.6 Å². The molecule has 3 nitrogen and oxygen atoms in total. The summed E-state index contributed by atoms with van der Waals surface area (Å²) < 4.78 is 1.17. The van der Waals surface area contributed by atoms with Crippen molar-refractivity contribution in [2.24, 2.45) is 5.84 Å². The zero-order valence-electron chi connectivity index (χ0n) is 11.8. The maximum atomic E-state index is 5.95. The first-order valence-corrected chi connectivity index (χ1v) is 8.65. The van der Waals surface area contributed by atoms with Crippen LogP contribution in [0.3, 0.4) is 0 Å². The standard InChI is InChI=1S/C14H24BrN3S/c1-18(2)14(8-5-3-4-6-9-14)13(17-16)12-11(15)7-10-19-12/h7,10,13,17H,3-6,8-9,16H2,1-2H3. The number of nitrogens with two attached hydrogens (primary N) is 1. The summed E-state index contributed by atoms with van der Waals surface area (Å²) in [5.74, 6) is 5.95. The van der Waals surface area contributed by atoms with Gasteiger partial charge in [-0.15, -0.1) is 11.3 Å². The van der Waals surface area contributed by atoms with Crippen LogP contribution in [0.4, 0.5) is 0 Å². The summed E-state index contributed by atoms with van der Waals surface area (Å²) in [6, 6.07) is 2.31. The molecule has 0 saturated heterocycles. The van der Waals surface area contributed by atoms with Crippen molar-refractivity contribution in [2.75, 3.05) is 14.1 Å². The van der Waals surface area contributed by atoms with Crippen molar-refractivity contribution in [1.82, 2.24) is 10.3 Å². The summed E-state index contributed by atoms with van der Waals surface area (Å²) in [6.45, 7) is 0. The fourth-order valence-electron chi connectivity index (χ4n) is 3.32. The molecule has 0 spiro atoms. The largest absolute Gasteiger partial charge is 0.302 e. The lowest BCUT2D eigenvalue weighted by molar-refractivity contribution is 0.0812. The smallest absolute Gasteiger partial charge is 0.0747 e. The Morgan fingerprint density at radius 3 is 2.37 bits per heavy atom. The van der Waals surface area contributed by atoms with E-state index in [2.05, 4.69) is 51.8 Å². The van der Waals surface area contributed by atoms with Crippen molar-refractivity contribution in [2.45, 2.75) is 50.1 Å². The summed E-state index contributed by atoms with van der Waals surface area (Å²) >= 11 is 5.45. The van der Waals surface area contributed by atoms with E-state index >= 15 is 0 Å². The molecule has 1 fully saturated rings. The predicted molar refractivity (Wildman–Crippen MR) is 86.2 cm³/mol. The van der Waals surface area contributed by atoms with E-state index in [4.69, 9.17) is 5.84 Å². The Morgan fingerprint density at radius 2 is 1.95 bits per heavy atom. The molecule has 1 saturated carbocycles. The first-order chi connectivity index (χ1) is 9.12. The summed E-state index contributed by atoms with van der Waals surface area (Å²) in [4.78, 5) is 3.70. The van der Waals surface area contributed by atoms with Crippen molar-refractivity contribution < 1.29 is 0 Å². The van der Waals surface area contributed by atoms with Gasteiger partial charge in [0, 0.05) is 14.9 Å². The Morgan fingerprint density at radius 1 is 1.32 bits per heavy atom. The molecule has 1 unspecified atom stereocenters. The third-order valence-corrected chi connectivity index (χ3v) is 6.41. The van der Waals surface area contributed by atoms with Crippen LogP contribution in [0.1, 0.15) is 49.4 Å². The molecule has 1 aromatic heterocycles. The van der Waals surface area contributed by atoms with Crippen LogP contribution in [0.25, 0.3) is 0 Å². The van der Waals surface area contributed by atoms with Gasteiger partial charge in [0.25, 0.3) is 0 Å². The van der Waals surface area contributed by atoms with Gasteiger partial charge in [-0.1, -0.05) is 25.7 Å². The second-order valence-electron chi connectivity index (χ2n) is 5.64. The van der Waals surface area contributed by atoms with Gasteiger partial charge in [-0.3, -0.25) is 11.3 Å². The predicted octanol–water partition coefficient (Wildman–Crippen LogP) is 3.67. The highest BCUT2D eigenvalue weighted by atomic mass is 79.9. The highest BCUT2D eigenvalue weighted by molar-refractivity contribution is 9.10. The van der Waals surface area contributed by atoms with E-state index in [0.29, 0.717) is 0 Å². The van der Waals surface area contributed by atoms with Gasteiger partial charge in [0.15, 0.2) is 0 Å². The quantitative estimate of drug-likeness (QED) is 0.497. The van der Waals surface area contributed by atoms with Crippen LogP contribution in [0.15, 0.2) is 15.9 Å². The van der Waals surface area contributed by atoms with E-state index in [9.17, 15) is 0 Å². The lowest BCUT2D eigenvalue weighted by Gasteiger charge is -2.45. The van der Waals surface area contributed by atoms with Crippen LogP contribution in [0.5, 0.6) is 0 Å². The highest BCUT2D eigenvalue weighted by Crippen LogP contribution is 2.44. The molecule has 0 amide bonds. The molecule has 5 heteroatoms. The summed E-state index contributed by atoms with van der Waals surface area (Å²) in [6.07, 6.45) is 7.69. The van der Waals surface area contributed by atoms with Crippen molar-refractivity contribution in [3.8, 4) is 0 Å². The number of nitrogens with zero attached hydrogens (tertiary/aromatic N) is 1. The molecule has 1 aliphatic rings. The molecule has 1 atom stereocenters. The van der Waals surface area contributed by atoms with Crippen LogP contribution >= 0.6 is 27.3 Å². The van der Waals surface area contributed by atoms with Crippen molar-refractivity contribution in [1.29, 1.82) is 0 Å². The number of hydrogen-bond acceptors (Lipinski definition) is 4. The van der Waals surface area contributed by atoms with Crippen LogP contribution in [0, 0.1) is 0 Å². The maximum absolute atomic E-state index is 5.95. The normalized spacial score (nSPS) is 21.3. The minimum absolute atomic E-state index is 0.124. The fourth-order valence-corrected chi connectivity index (χ4v) is 5.09. The molecule has 19 heavy (non-hydrogen) atoms. The minimum atomic E-state index is 0.124. The third kappa shape index (κ3) is 3.05. The molecule has 108 valence electrons. The molecule has 1 heterocycles. The minimum Gasteiger partial charge on any atom is -0.302 e. The van der Waals surface area contributed by atoms with Gasteiger partial charge < -0.3 is 4.90 Å². The van der Waals surface area contributed by atoms with E-state index in [0.717, 1.165) is 0 Å². The Balaban J connectivity index is 2.37. The molecule has 0 aliphatic heterocycles. The lowest BCUT2D eigenvalue weighted by Crippen LogP contribution is -2.55. The average Bonchev–Trinajstić information content (AvgIpc) is 2.67. The molecule has 1 aliphatic carbocycles. The zero-order chi connectivity index (χ0) is 13.9. The fraction of sp³-hybridized carbons (Fsp3) is 0.714. The van der Waals surface area contributed by atoms with Gasteiger partial charge >= 0.3 is 0 Å². The molecule has 2 rings (SSSR count). The maximum Gasteiger partial charge on any atom is 0.0747 e. The van der Waals surface area contributed by atoms with E-state index < -0.39 is 0 Å². The molecule has 0 aromatic carbocycles. The molecule has 3 N–H and O–H groups in total. The summed E-state index contributed by atoms with van der Waals surface area (Å²) in [5.41, 5.74) is 3.23. The van der Waals surface area contributed by atoms with Gasteiger partial charge in [-0.2, -0.15) is 0 Å². The number of rotatable bonds is 4. The van der Waals surface area contributed by atoms with Crippen molar-refractivity contribution >= 4 is 27.3 Å². The first kappa shape index (κ1) is 15.4. The molecular formula is C14H24BrN3S. The summed E-state index contributed by atoms with van der Waals surface area (Å²) in [7, 11) is 4.38. The van der Waals surface area contributed by atoms with Crippen molar-refractivity contribution in [3.63, 3.8) is 0 Å². The van der Waals surface area contributed by atoms with Crippen LogP contribution in [-0.2, 0) is 0 Å². The van der Waals surface area contributed by atoms with Crippen LogP contribution in [0.2, 0.25) is 0 Å². The number of hydrazine groups is 1. The second kappa shape index (κ2) is 6.68. The van der Waals surface area contributed by atoms with E-state index in [1.54, 1.807) is 11.3 Å². The summed E-state index contributed by atoms with van der Waals surface area (Å²) in [5, 5.41) is 2.13. The molecule has 0 radical (unpaired) electrons. The Bertz CT molecular complexity index is 397. The number of thiophene rings is 1. The second-order valence-corrected chi connectivity index (χ2v) is 7.45. The number of likely N-dealkylation sites (N-methyl/N-ethyl adjacent to an activating group) is 1. The number of nitrogens with one attached hydrogen (secondary N) is 1. The van der Waals surface area contributed by atoms with Gasteiger partial charge in [-0.05, 0) is 54.3 Å². The zero-order valence-corrected chi connectivity index (χ0v) is 14.2. The average molecular weight is 346 g/mol. The molecule has 1 aromatic rings.